The average molecular weight is 446 g/mol. The fourth-order valence-corrected chi connectivity index (χ4v) is 6.13. The second-order valence-corrected chi connectivity index (χ2v) is 10.3. The molecule has 4 rings (SSSR count). The van der Waals surface area contributed by atoms with Crippen molar-refractivity contribution in [1.29, 1.82) is 0 Å². The van der Waals surface area contributed by atoms with Gasteiger partial charge in [0.05, 0.1) is 5.75 Å². The number of hydrogen-bond acceptors (Lipinski definition) is 6. The van der Waals surface area contributed by atoms with E-state index in [1.165, 1.54) is 60.9 Å². The number of nitrogens with zero attached hydrogens (tertiary/aromatic N) is 4. The molecule has 0 unspecified atom stereocenters. The number of hydrogen-bond donors (Lipinski definition) is 1. The van der Waals surface area contributed by atoms with Crippen LogP contribution in [0.25, 0.3) is 0 Å². The lowest BCUT2D eigenvalue weighted by atomic mass is 9.95. The summed E-state index contributed by atoms with van der Waals surface area (Å²) in [6.45, 7) is 5.24. The van der Waals surface area contributed by atoms with E-state index in [1.54, 1.807) is 0 Å². The largest absolute Gasteiger partial charge is 0.325 e. The predicted molar refractivity (Wildman–Crippen MR) is 125 cm³/mol. The molecule has 6 nitrogen and oxygen atoms in total. The first-order chi connectivity index (χ1) is 14.7. The highest BCUT2D eigenvalue weighted by Crippen LogP contribution is 2.32. The van der Waals surface area contributed by atoms with Crippen LogP contribution in [-0.4, -0.2) is 55.9 Å². The number of thioether (sulfide) groups is 2. The molecule has 2 fully saturated rings. The molecule has 2 heterocycles. The summed E-state index contributed by atoms with van der Waals surface area (Å²) in [6.07, 6.45) is 6.21. The quantitative estimate of drug-likeness (QED) is 0.639. The summed E-state index contributed by atoms with van der Waals surface area (Å²) in [7, 11) is 0. The Morgan fingerprint density at radius 2 is 2.00 bits per heavy atom. The van der Waals surface area contributed by atoms with Crippen molar-refractivity contribution in [1.82, 2.24) is 19.7 Å². The van der Waals surface area contributed by atoms with Gasteiger partial charge < -0.3 is 9.88 Å². The van der Waals surface area contributed by atoms with Crippen LogP contribution in [0.1, 0.15) is 49.5 Å². The summed E-state index contributed by atoms with van der Waals surface area (Å²) >= 11 is 3.51. The molecule has 0 radical (unpaired) electrons. The Kier molecular flexibility index (Phi) is 7.73. The van der Waals surface area contributed by atoms with Gasteiger partial charge in [0.1, 0.15) is 5.82 Å². The van der Waals surface area contributed by atoms with E-state index >= 15 is 0 Å². The summed E-state index contributed by atoms with van der Waals surface area (Å²) in [5.74, 6) is 3.71. The summed E-state index contributed by atoms with van der Waals surface area (Å²) in [4.78, 5) is 15.1. The summed E-state index contributed by atoms with van der Waals surface area (Å²) in [5, 5.41) is 12.5. The number of carbonyl (C=O) groups is 1. The molecule has 2 aliphatic rings. The monoisotopic (exact) mass is 445 g/mol. The molecule has 0 spiro atoms. The molecule has 8 heteroatoms. The molecule has 1 amide bonds. The number of benzene rings is 1. The molecule has 1 aromatic carbocycles. The molecular formula is C22H31N5OS2. The lowest BCUT2D eigenvalue weighted by molar-refractivity contribution is -0.113. The third-order valence-corrected chi connectivity index (χ3v) is 7.71. The Hall–Kier alpha value is -1.51. The van der Waals surface area contributed by atoms with Crippen molar-refractivity contribution in [3.8, 4) is 0 Å². The van der Waals surface area contributed by atoms with Crippen LogP contribution >= 0.6 is 23.5 Å². The van der Waals surface area contributed by atoms with Gasteiger partial charge in [-0.1, -0.05) is 43.2 Å². The Morgan fingerprint density at radius 1 is 1.20 bits per heavy atom. The van der Waals surface area contributed by atoms with Gasteiger partial charge in [-0.15, -0.1) is 10.2 Å². The SMILES string of the molecule is Cc1nnc(SCC(=O)Nc2cccc(CN3CCSCC3)c2)n1C1CCCCC1. The van der Waals surface area contributed by atoms with Gasteiger partial charge in [-0.3, -0.25) is 9.69 Å². The smallest absolute Gasteiger partial charge is 0.234 e. The van der Waals surface area contributed by atoms with Crippen LogP contribution in [0.2, 0.25) is 0 Å². The molecule has 30 heavy (non-hydrogen) atoms. The van der Waals surface area contributed by atoms with E-state index in [0.29, 0.717) is 11.8 Å². The average Bonchev–Trinajstić information content (AvgIpc) is 3.14. The maximum Gasteiger partial charge on any atom is 0.234 e. The molecule has 1 N–H and O–H groups in total. The van der Waals surface area contributed by atoms with E-state index in [9.17, 15) is 4.79 Å². The van der Waals surface area contributed by atoms with E-state index in [0.717, 1.165) is 36.3 Å². The molecule has 1 saturated heterocycles. The number of anilines is 1. The van der Waals surface area contributed by atoms with Crippen molar-refractivity contribution in [2.24, 2.45) is 0 Å². The highest BCUT2D eigenvalue weighted by atomic mass is 32.2. The molecule has 0 atom stereocenters. The Balaban J connectivity index is 1.31. The topological polar surface area (TPSA) is 63.1 Å². The van der Waals surface area contributed by atoms with Crippen LogP contribution in [0.5, 0.6) is 0 Å². The van der Waals surface area contributed by atoms with Crippen molar-refractivity contribution in [3.63, 3.8) is 0 Å². The van der Waals surface area contributed by atoms with Crippen molar-refractivity contribution >= 4 is 35.1 Å². The Morgan fingerprint density at radius 3 is 2.80 bits per heavy atom. The zero-order chi connectivity index (χ0) is 20.8. The number of aromatic nitrogens is 3. The number of nitrogens with one attached hydrogen (secondary N) is 1. The minimum absolute atomic E-state index is 0.00219. The molecular weight excluding hydrogens is 414 g/mol. The predicted octanol–water partition coefficient (Wildman–Crippen LogP) is 4.37. The molecule has 1 aliphatic heterocycles. The minimum Gasteiger partial charge on any atom is -0.325 e. The third kappa shape index (κ3) is 5.80. The molecule has 1 saturated carbocycles. The van der Waals surface area contributed by atoms with Gasteiger partial charge >= 0.3 is 0 Å². The van der Waals surface area contributed by atoms with Crippen LogP contribution < -0.4 is 5.32 Å². The zero-order valence-corrected chi connectivity index (χ0v) is 19.3. The molecule has 1 aliphatic carbocycles. The lowest BCUT2D eigenvalue weighted by Gasteiger charge is -2.26. The standard InChI is InChI=1S/C22H31N5OS2/c1-17-24-25-22(27(17)20-8-3-2-4-9-20)30-16-21(28)23-19-7-5-6-18(14-19)15-26-10-12-29-13-11-26/h5-7,14,20H,2-4,8-13,15-16H2,1H3,(H,23,28). The highest BCUT2D eigenvalue weighted by molar-refractivity contribution is 7.99. The van der Waals surface area contributed by atoms with Crippen molar-refractivity contribution in [2.45, 2.75) is 56.8 Å². The fraction of sp³-hybridized carbons (Fsp3) is 0.591. The lowest BCUT2D eigenvalue weighted by Crippen LogP contribution is -2.31. The molecule has 1 aromatic heterocycles. The second kappa shape index (κ2) is 10.7. The van der Waals surface area contributed by atoms with Crippen LogP contribution in [0.15, 0.2) is 29.4 Å². The molecule has 162 valence electrons. The van der Waals surface area contributed by atoms with E-state index in [1.807, 2.05) is 30.8 Å². The van der Waals surface area contributed by atoms with Gasteiger partial charge in [-0.05, 0) is 37.5 Å². The Bertz CT molecular complexity index is 844. The van der Waals surface area contributed by atoms with Crippen molar-refractivity contribution in [3.05, 3.63) is 35.7 Å². The van der Waals surface area contributed by atoms with Crippen LogP contribution in [0.4, 0.5) is 5.69 Å². The third-order valence-electron chi connectivity index (χ3n) is 5.83. The van der Waals surface area contributed by atoms with E-state index in [2.05, 4.69) is 37.1 Å². The first-order valence-electron chi connectivity index (χ1n) is 10.9. The van der Waals surface area contributed by atoms with Crippen LogP contribution in [-0.2, 0) is 11.3 Å². The maximum atomic E-state index is 12.6. The van der Waals surface area contributed by atoms with Crippen LogP contribution in [0, 0.1) is 6.92 Å². The number of amides is 1. The maximum absolute atomic E-state index is 12.6. The van der Waals surface area contributed by atoms with Gasteiger partial charge in [0.25, 0.3) is 0 Å². The Labute approximate surface area is 187 Å². The highest BCUT2D eigenvalue weighted by Gasteiger charge is 2.21. The van der Waals surface area contributed by atoms with Gasteiger partial charge in [-0.25, -0.2) is 0 Å². The fourth-order valence-electron chi connectivity index (χ4n) is 4.30. The number of rotatable bonds is 7. The van der Waals surface area contributed by atoms with Gasteiger partial charge in [-0.2, -0.15) is 11.8 Å². The summed E-state index contributed by atoms with van der Waals surface area (Å²) < 4.78 is 2.24. The number of aryl methyl sites for hydroxylation is 1. The first-order valence-corrected chi connectivity index (χ1v) is 13.1. The van der Waals surface area contributed by atoms with E-state index in [4.69, 9.17) is 0 Å². The van der Waals surface area contributed by atoms with Crippen molar-refractivity contribution < 1.29 is 4.79 Å². The minimum atomic E-state index is 0.00219. The van der Waals surface area contributed by atoms with Gasteiger partial charge in [0.15, 0.2) is 5.16 Å². The summed E-state index contributed by atoms with van der Waals surface area (Å²) in [6, 6.07) is 8.71. The first kappa shape index (κ1) is 21.7. The molecule has 2 aromatic rings. The molecule has 0 bridgehead atoms. The van der Waals surface area contributed by atoms with E-state index in [-0.39, 0.29) is 5.91 Å². The van der Waals surface area contributed by atoms with E-state index < -0.39 is 0 Å². The second-order valence-electron chi connectivity index (χ2n) is 8.12. The summed E-state index contributed by atoms with van der Waals surface area (Å²) in [5.41, 5.74) is 2.12. The number of carbonyl (C=O) groups excluding carboxylic acids is 1. The zero-order valence-electron chi connectivity index (χ0n) is 17.7. The van der Waals surface area contributed by atoms with Crippen molar-refractivity contribution in [2.75, 3.05) is 35.7 Å². The normalized spacial score (nSPS) is 18.4. The van der Waals surface area contributed by atoms with Gasteiger partial charge in [0.2, 0.25) is 5.91 Å². The van der Waals surface area contributed by atoms with Crippen LogP contribution in [0.3, 0.4) is 0 Å². The van der Waals surface area contributed by atoms with Gasteiger partial charge in [0, 0.05) is 42.9 Å².